The topological polar surface area (TPSA) is 40.0 Å². The summed E-state index contributed by atoms with van der Waals surface area (Å²) in [4.78, 5) is 11.1. The van der Waals surface area contributed by atoms with Crippen LogP contribution in [-0.2, 0) is 26.7 Å². The molecule has 0 aliphatic heterocycles. The monoisotopic (exact) mass is 689 g/mol. The van der Waals surface area contributed by atoms with E-state index in [0.29, 0.717) is 0 Å². The number of hydrogen-bond acceptors (Lipinski definition) is 3. The van der Waals surface area contributed by atoms with Crippen LogP contribution in [-0.4, -0.2) is 23.5 Å². The fraction of sp³-hybridized carbons (Fsp3) is 0.0968. The second kappa shape index (κ2) is 8.63. The molecule has 0 aliphatic carbocycles. The van der Waals surface area contributed by atoms with Crippen molar-refractivity contribution in [3.63, 3.8) is 0 Å². The van der Waals surface area contributed by atoms with Gasteiger partial charge in [-0.1, -0.05) is 75.1 Å². The minimum Gasteiger partial charge on any atom is -0.341 e. The number of imidazole rings is 2. The maximum absolute atomic E-state index is 4.97. The summed E-state index contributed by atoms with van der Waals surface area (Å²) in [6.07, 6.45) is 4.02. The van der Waals surface area contributed by atoms with E-state index in [-0.39, 0.29) is 20.1 Å². The first kappa shape index (κ1) is 23.4. The molecule has 0 bridgehead atoms. The summed E-state index contributed by atoms with van der Waals surface area (Å²) in [6.45, 7) is 5.19. The van der Waals surface area contributed by atoms with Crippen LogP contribution >= 0.6 is 11.3 Å². The number of hydrogen-bond donors (Lipinski definition) is 0. The third kappa shape index (κ3) is 3.13. The van der Waals surface area contributed by atoms with Crippen LogP contribution in [0.25, 0.3) is 65.5 Å². The van der Waals surface area contributed by atoms with Gasteiger partial charge in [0.25, 0.3) is 0 Å². The Labute approximate surface area is 236 Å². The molecule has 5 heterocycles. The molecule has 3 aromatic carbocycles. The van der Waals surface area contributed by atoms with Crippen LogP contribution in [0.2, 0.25) is 0 Å². The molecular weight excluding hydrogens is 667 g/mol. The summed E-state index contributed by atoms with van der Waals surface area (Å²) in [5.74, 6) is 0. The fourth-order valence-electron chi connectivity index (χ4n) is 5.80. The number of benzene rings is 3. The zero-order valence-corrected chi connectivity index (χ0v) is 24.0. The number of para-hydroxylation sites is 2. The van der Waals surface area contributed by atoms with Gasteiger partial charge in [-0.05, 0) is 38.1 Å². The van der Waals surface area contributed by atoms with Crippen LogP contribution in [0.4, 0.5) is 0 Å². The van der Waals surface area contributed by atoms with Gasteiger partial charge in [0.2, 0.25) is 0 Å². The van der Waals surface area contributed by atoms with Gasteiger partial charge in [0.15, 0.2) is 0 Å². The molecule has 187 valence electrons. The van der Waals surface area contributed by atoms with Crippen LogP contribution < -0.4 is 0 Å². The first-order valence-corrected chi connectivity index (χ1v) is 13.3. The van der Waals surface area contributed by atoms with Crippen LogP contribution in [0.5, 0.6) is 0 Å². The Balaban J connectivity index is 0.00000242. The van der Waals surface area contributed by atoms with E-state index in [1.807, 2.05) is 19.3 Å². The molecule has 0 aliphatic rings. The standard InChI is InChI=1S/C31H22N5S.Ir/c1-3-34-25-12-8-7-11-22(25)23-15-20(13-14-26(23)34)29-27-24(17-37-29)30-33-19(2)16-35(30)31-28(27)32-18-36(31)21-9-5-4-6-10-21;/h4-16,18H,3H2,1-2H3;/q-1;. The van der Waals surface area contributed by atoms with Crippen LogP contribution in [0.3, 0.4) is 0 Å². The van der Waals surface area contributed by atoms with Gasteiger partial charge >= 0.3 is 0 Å². The summed E-state index contributed by atoms with van der Waals surface area (Å²) < 4.78 is 6.71. The summed E-state index contributed by atoms with van der Waals surface area (Å²) >= 11 is 1.65. The van der Waals surface area contributed by atoms with Crippen LogP contribution in [0, 0.1) is 12.3 Å². The predicted octanol–water partition coefficient (Wildman–Crippen LogP) is 7.79. The zero-order valence-electron chi connectivity index (χ0n) is 20.8. The van der Waals surface area contributed by atoms with E-state index < -0.39 is 0 Å². The van der Waals surface area contributed by atoms with Gasteiger partial charge in [-0.2, -0.15) is 0 Å². The molecule has 0 atom stereocenters. The minimum absolute atomic E-state index is 0. The van der Waals surface area contributed by atoms with Gasteiger partial charge in [-0.3, -0.25) is 20.9 Å². The van der Waals surface area contributed by atoms with Crippen molar-refractivity contribution in [2.45, 2.75) is 20.4 Å². The van der Waals surface area contributed by atoms with Crippen LogP contribution in [0.1, 0.15) is 12.6 Å². The van der Waals surface area contributed by atoms with E-state index in [9.17, 15) is 0 Å². The predicted molar refractivity (Wildman–Crippen MR) is 153 cm³/mol. The Morgan fingerprint density at radius 3 is 2.55 bits per heavy atom. The average Bonchev–Trinajstić information content (AvgIpc) is 3.70. The van der Waals surface area contributed by atoms with E-state index >= 15 is 0 Å². The molecule has 0 N–H and O–H groups in total. The van der Waals surface area contributed by atoms with E-state index in [0.717, 1.165) is 45.5 Å². The average molecular weight is 689 g/mol. The first-order valence-electron chi connectivity index (χ1n) is 12.5. The summed E-state index contributed by atoms with van der Waals surface area (Å²) in [5, 5.41) is 8.30. The first-order chi connectivity index (χ1) is 18.2. The molecular formula is C31H22IrN5S-. The number of fused-ring (bicyclic) bond motifs is 9. The second-order valence-corrected chi connectivity index (χ2v) is 10.3. The van der Waals surface area contributed by atoms with Crippen molar-refractivity contribution in [3.05, 3.63) is 96.4 Å². The molecule has 0 spiro atoms. The van der Waals surface area contributed by atoms with Crippen molar-refractivity contribution in [2.24, 2.45) is 0 Å². The van der Waals surface area contributed by atoms with Crippen molar-refractivity contribution in [1.82, 2.24) is 23.5 Å². The molecule has 0 amide bonds. The third-order valence-corrected chi connectivity index (χ3v) is 8.32. The van der Waals surface area contributed by atoms with Gasteiger partial charge in [0, 0.05) is 66.0 Å². The van der Waals surface area contributed by atoms with Gasteiger partial charge in [-0.25, -0.2) is 4.98 Å². The minimum atomic E-state index is 0. The smallest absolute Gasteiger partial charge is 0.132 e. The largest absolute Gasteiger partial charge is 0.341 e. The molecule has 0 fully saturated rings. The molecule has 0 unspecified atom stereocenters. The van der Waals surface area contributed by atoms with E-state index in [4.69, 9.17) is 9.97 Å². The summed E-state index contributed by atoms with van der Waals surface area (Å²) in [6, 6.07) is 25.9. The van der Waals surface area contributed by atoms with Crippen molar-refractivity contribution < 1.29 is 20.1 Å². The molecule has 38 heavy (non-hydrogen) atoms. The summed E-state index contributed by atoms with van der Waals surface area (Å²) in [5.41, 5.74) is 8.68. The van der Waals surface area contributed by atoms with Crippen molar-refractivity contribution in [1.29, 1.82) is 0 Å². The molecule has 5 aromatic heterocycles. The number of aromatic nitrogens is 5. The number of rotatable bonds is 3. The maximum Gasteiger partial charge on any atom is 0.132 e. The number of aryl methyl sites for hydroxylation is 2. The molecule has 7 heteroatoms. The molecule has 0 saturated heterocycles. The van der Waals surface area contributed by atoms with Crippen molar-refractivity contribution in [3.8, 4) is 16.1 Å². The van der Waals surface area contributed by atoms with Crippen molar-refractivity contribution in [2.75, 3.05) is 0 Å². The Morgan fingerprint density at radius 2 is 1.71 bits per heavy atom. The molecule has 8 aromatic rings. The Bertz CT molecular complexity index is 2150. The Kier molecular flexibility index (Phi) is 5.31. The molecule has 0 saturated carbocycles. The molecule has 8 rings (SSSR count). The number of nitrogens with zero attached hydrogens (tertiary/aromatic N) is 5. The van der Waals surface area contributed by atoms with Crippen LogP contribution in [0.15, 0.2) is 85.3 Å². The van der Waals surface area contributed by atoms with E-state index in [1.54, 1.807) is 11.3 Å². The molecule has 5 nitrogen and oxygen atoms in total. The Hall–Kier alpha value is -3.77. The quantitative estimate of drug-likeness (QED) is 0.178. The van der Waals surface area contributed by atoms with E-state index in [2.05, 4.69) is 98.8 Å². The number of pyridine rings is 1. The SMILES string of the molecule is CCn1c2ccccc2c2cc(-c3s[c-]c4c3c3ncn(-c5ccccc5)c3n3cc(C)nc43)ccc21.[Ir]. The van der Waals surface area contributed by atoms with Gasteiger partial charge in [0.1, 0.15) is 12.0 Å². The number of thiophene rings is 1. The third-order valence-electron chi connectivity index (χ3n) is 7.37. The second-order valence-electron chi connectivity index (χ2n) is 9.47. The maximum atomic E-state index is 4.97. The van der Waals surface area contributed by atoms with Gasteiger partial charge in [0.05, 0.1) is 11.2 Å². The molecule has 1 radical (unpaired) electrons. The van der Waals surface area contributed by atoms with E-state index in [1.165, 1.54) is 32.2 Å². The zero-order chi connectivity index (χ0) is 24.7. The Morgan fingerprint density at radius 1 is 0.921 bits per heavy atom. The van der Waals surface area contributed by atoms with Gasteiger partial charge in [-0.15, -0.1) is 0 Å². The normalized spacial score (nSPS) is 11.8. The van der Waals surface area contributed by atoms with Gasteiger partial charge < -0.3 is 8.97 Å². The summed E-state index contributed by atoms with van der Waals surface area (Å²) in [7, 11) is 0. The fourth-order valence-corrected chi connectivity index (χ4v) is 6.74. The van der Waals surface area contributed by atoms with Crippen molar-refractivity contribution >= 4 is 60.7 Å².